The molecule has 0 aliphatic carbocycles. The smallest absolute Gasteiger partial charge is 0.0597 e. The lowest BCUT2D eigenvalue weighted by Crippen LogP contribution is -2.51. The molecular formula is C10H20N2. The summed E-state index contributed by atoms with van der Waals surface area (Å²) in [5.74, 6) is 0.912. The molecule has 2 nitrogen and oxygen atoms in total. The molecule has 2 fully saturated rings. The van der Waals surface area contributed by atoms with E-state index in [1.165, 1.54) is 45.3 Å². The van der Waals surface area contributed by atoms with Crippen molar-refractivity contribution in [2.45, 2.75) is 38.8 Å². The molecule has 0 saturated carbocycles. The summed E-state index contributed by atoms with van der Waals surface area (Å²) in [5.41, 5.74) is 0. The average molecular weight is 168 g/mol. The van der Waals surface area contributed by atoms with Crippen LogP contribution in [0.1, 0.15) is 32.6 Å². The standard InChI is InChI=1S/C10H20N2/c1-9-4-2-5-10-11-6-3-7-12(10)8-9/h9-11H,2-8H2,1H3/t9-,10?/m1/s1. The predicted octanol–water partition coefficient (Wildman–Crippen LogP) is 1.43. The number of nitrogens with zero attached hydrogens (tertiary/aromatic N) is 1. The molecule has 0 bridgehead atoms. The lowest BCUT2D eigenvalue weighted by Gasteiger charge is -2.35. The van der Waals surface area contributed by atoms with Gasteiger partial charge in [-0.25, -0.2) is 0 Å². The van der Waals surface area contributed by atoms with Crippen molar-refractivity contribution in [3.05, 3.63) is 0 Å². The van der Waals surface area contributed by atoms with E-state index in [1.807, 2.05) is 0 Å². The summed E-state index contributed by atoms with van der Waals surface area (Å²) in [4.78, 5) is 2.64. The monoisotopic (exact) mass is 168 g/mol. The first-order chi connectivity index (χ1) is 5.86. The highest BCUT2D eigenvalue weighted by Crippen LogP contribution is 2.21. The van der Waals surface area contributed by atoms with Gasteiger partial charge in [0.2, 0.25) is 0 Å². The summed E-state index contributed by atoms with van der Waals surface area (Å²) in [6.07, 6.45) is 6.25. The van der Waals surface area contributed by atoms with Crippen LogP contribution >= 0.6 is 0 Å². The maximum Gasteiger partial charge on any atom is 0.0597 e. The van der Waals surface area contributed by atoms with E-state index in [2.05, 4.69) is 17.1 Å². The third-order valence-corrected chi connectivity index (χ3v) is 3.16. The minimum atomic E-state index is 0.712. The van der Waals surface area contributed by atoms with Crippen LogP contribution in [0.5, 0.6) is 0 Å². The largest absolute Gasteiger partial charge is 0.302 e. The van der Waals surface area contributed by atoms with Crippen molar-refractivity contribution in [3.8, 4) is 0 Å². The molecule has 2 aliphatic rings. The lowest BCUT2D eigenvalue weighted by molar-refractivity contribution is 0.123. The van der Waals surface area contributed by atoms with Crippen molar-refractivity contribution in [2.24, 2.45) is 5.92 Å². The van der Waals surface area contributed by atoms with Crippen LogP contribution in [0.25, 0.3) is 0 Å². The number of hydrogen-bond donors (Lipinski definition) is 1. The Morgan fingerprint density at radius 2 is 2.17 bits per heavy atom. The molecule has 0 radical (unpaired) electrons. The second-order valence-corrected chi connectivity index (χ2v) is 4.35. The molecule has 70 valence electrons. The molecular weight excluding hydrogens is 148 g/mol. The van der Waals surface area contributed by atoms with Gasteiger partial charge in [0.25, 0.3) is 0 Å². The van der Waals surface area contributed by atoms with E-state index in [4.69, 9.17) is 0 Å². The highest BCUT2D eigenvalue weighted by molar-refractivity contribution is 4.79. The van der Waals surface area contributed by atoms with Crippen molar-refractivity contribution < 1.29 is 0 Å². The summed E-state index contributed by atoms with van der Waals surface area (Å²) in [7, 11) is 0. The summed E-state index contributed by atoms with van der Waals surface area (Å²) in [6.45, 7) is 6.26. The van der Waals surface area contributed by atoms with E-state index < -0.39 is 0 Å². The Bertz CT molecular complexity index is 147. The Kier molecular flexibility index (Phi) is 2.66. The fourth-order valence-electron chi connectivity index (χ4n) is 2.49. The molecule has 1 unspecified atom stereocenters. The fourth-order valence-corrected chi connectivity index (χ4v) is 2.49. The normalized spacial score (nSPS) is 38.8. The zero-order valence-corrected chi connectivity index (χ0v) is 8.05. The minimum absolute atomic E-state index is 0.712. The van der Waals surface area contributed by atoms with Crippen LogP contribution in [-0.4, -0.2) is 30.7 Å². The zero-order chi connectivity index (χ0) is 8.39. The number of rotatable bonds is 0. The van der Waals surface area contributed by atoms with E-state index in [-0.39, 0.29) is 0 Å². The SMILES string of the molecule is C[C@@H]1CCCC2NCCCN2C1. The second kappa shape index (κ2) is 3.75. The van der Waals surface area contributed by atoms with Gasteiger partial charge in [-0.15, -0.1) is 0 Å². The van der Waals surface area contributed by atoms with Crippen LogP contribution in [0.15, 0.2) is 0 Å². The Balaban J connectivity index is 1.96. The van der Waals surface area contributed by atoms with Gasteiger partial charge < -0.3 is 5.32 Å². The van der Waals surface area contributed by atoms with Gasteiger partial charge in [0, 0.05) is 13.1 Å². The molecule has 2 atom stereocenters. The van der Waals surface area contributed by atoms with Gasteiger partial charge in [-0.2, -0.15) is 0 Å². The van der Waals surface area contributed by atoms with Crippen molar-refractivity contribution in [3.63, 3.8) is 0 Å². The zero-order valence-electron chi connectivity index (χ0n) is 8.05. The van der Waals surface area contributed by atoms with Gasteiger partial charge in [-0.1, -0.05) is 13.3 Å². The molecule has 2 rings (SSSR count). The first kappa shape index (κ1) is 8.52. The third-order valence-electron chi connectivity index (χ3n) is 3.16. The molecule has 0 aromatic rings. The third kappa shape index (κ3) is 1.80. The Hall–Kier alpha value is -0.0800. The van der Waals surface area contributed by atoms with Crippen molar-refractivity contribution in [1.82, 2.24) is 10.2 Å². The topological polar surface area (TPSA) is 15.3 Å². The molecule has 0 aromatic heterocycles. The van der Waals surface area contributed by atoms with Gasteiger partial charge in [0.15, 0.2) is 0 Å². The maximum atomic E-state index is 3.61. The highest BCUT2D eigenvalue weighted by Gasteiger charge is 2.25. The summed E-state index contributed by atoms with van der Waals surface area (Å²) < 4.78 is 0. The van der Waals surface area contributed by atoms with E-state index in [0.29, 0.717) is 6.17 Å². The van der Waals surface area contributed by atoms with Crippen LogP contribution in [0.4, 0.5) is 0 Å². The Morgan fingerprint density at radius 1 is 1.25 bits per heavy atom. The molecule has 12 heavy (non-hydrogen) atoms. The summed E-state index contributed by atoms with van der Waals surface area (Å²) in [6, 6.07) is 0. The van der Waals surface area contributed by atoms with Crippen LogP contribution in [0.2, 0.25) is 0 Å². The molecule has 2 heterocycles. The number of hydrogen-bond acceptors (Lipinski definition) is 2. The first-order valence-electron chi connectivity index (χ1n) is 5.33. The number of nitrogens with one attached hydrogen (secondary N) is 1. The molecule has 1 N–H and O–H groups in total. The Morgan fingerprint density at radius 3 is 3.08 bits per heavy atom. The molecule has 0 spiro atoms. The van der Waals surface area contributed by atoms with Crippen molar-refractivity contribution in [2.75, 3.05) is 19.6 Å². The number of fused-ring (bicyclic) bond motifs is 1. The maximum absolute atomic E-state index is 3.61. The van der Waals surface area contributed by atoms with Gasteiger partial charge >= 0.3 is 0 Å². The average Bonchev–Trinajstić information content (AvgIpc) is 2.25. The first-order valence-corrected chi connectivity index (χ1v) is 5.33. The van der Waals surface area contributed by atoms with Crippen molar-refractivity contribution >= 4 is 0 Å². The molecule has 0 aromatic carbocycles. The van der Waals surface area contributed by atoms with E-state index in [1.54, 1.807) is 0 Å². The van der Waals surface area contributed by atoms with Crippen molar-refractivity contribution in [1.29, 1.82) is 0 Å². The van der Waals surface area contributed by atoms with Gasteiger partial charge in [-0.3, -0.25) is 4.90 Å². The summed E-state index contributed by atoms with van der Waals surface area (Å²) in [5, 5.41) is 3.61. The summed E-state index contributed by atoms with van der Waals surface area (Å²) >= 11 is 0. The van der Waals surface area contributed by atoms with E-state index in [9.17, 15) is 0 Å². The lowest BCUT2D eigenvalue weighted by atomic mass is 10.1. The molecule has 2 aliphatic heterocycles. The second-order valence-electron chi connectivity index (χ2n) is 4.35. The minimum Gasteiger partial charge on any atom is -0.302 e. The molecule has 2 heteroatoms. The van der Waals surface area contributed by atoms with Gasteiger partial charge in [0.1, 0.15) is 0 Å². The van der Waals surface area contributed by atoms with E-state index >= 15 is 0 Å². The molecule has 2 saturated heterocycles. The highest BCUT2D eigenvalue weighted by atomic mass is 15.3. The quantitative estimate of drug-likeness (QED) is 0.588. The molecule has 0 amide bonds. The van der Waals surface area contributed by atoms with Crippen LogP contribution < -0.4 is 5.32 Å². The van der Waals surface area contributed by atoms with Crippen LogP contribution in [0, 0.1) is 5.92 Å². The van der Waals surface area contributed by atoms with Gasteiger partial charge in [-0.05, 0) is 31.7 Å². The van der Waals surface area contributed by atoms with Crippen LogP contribution in [0.3, 0.4) is 0 Å². The van der Waals surface area contributed by atoms with Crippen LogP contribution in [-0.2, 0) is 0 Å². The Labute approximate surface area is 75.3 Å². The van der Waals surface area contributed by atoms with Gasteiger partial charge in [0.05, 0.1) is 6.17 Å². The fraction of sp³-hybridized carbons (Fsp3) is 1.00. The predicted molar refractivity (Wildman–Crippen MR) is 51.0 cm³/mol. The van der Waals surface area contributed by atoms with E-state index in [0.717, 1.165) is 5.92 Å².